The molecule has 86 valence electrons. The summed E-state index contributed by atoms with van der Waals surface area (Å²) in [5.41, 5.74) is -2.05. The fourth-order valence-corrected chi connectivity index (χ4v) is 6.47. The second kappa shape index (κ2) is 8.43. The second-order valence-corrected chi connectivity index (χ2v) is 10.3. The van der Waals surface area contributed by atoms with Gasteiger partial charge in [-0.2, -0.15) is 11.8 Å². The van der Waals surface area contributed by atoms with Gasteiger partial charge in [-0.3, -0.25) is 0 Å². The summed E-state index contributed by atoms with van der Waals surface area (Å²) in [6.07, 6.45) is 2.11. The first-order valence-corrected chi connectivity index (χ1v) is 10.2. The van der Waals surface area contributed by atoms with Crippen LogP contribution >= 0.6 is 28.8 Å². The van der Waals surface area contributed by atoms with Crippen LogP contribution < -0.4 is 0 Å². The maximum Gasteiger partial charge on any atom is 0.247 e. The lowest BCUT2D eigenvalue weighted by Gasteiger charge is -2.21. The number of thioether (sulfide) groups is 1. The van der Waals surface area contributed by atoms with E-state index in [1.54, 1.807) is 11.4 Å². The van der Waals surface area contributed by atoms with Crippen molar-refractivity contribution in [2.24, 2.45) is 0 Å². The molecule has 0 bridgehead atoms. The van der Waals surface area contributed by atoms with Gasteiger partial charge in [0.1, 0.15) is 0 Å². The summed E-state index contributed by atoms with van der Waals surface area (Å²) >= 11 is 8.89. The van der Waals surface area contributed by atoms with Crippen molar-refractivity contribution in [2.75, 3.05) is 25.2 Å². The van der Waals surface area contributed by atoms with E-state index >= 15 is 0 Å². The van der Waals surface area contributed by atoms with Crippen LogP contribution in [0, 0.1) is 0 Å². The van der Waals surface area contributed by atoms with Crippen molar-refractivity contribution >= 4 is 40.6 Å². The second-order valence-electron chi connectivity index (χ2n) is 2.62. The predicted molar refractivity (Wildman–Crippen MR) is 73.0 cm³/mol. The van der Waals surface area contributed by atoms with Gasteiger partial charge in [0.25, 0.3) is 0 Å². The maximum atomic E-state index is 5.52. The molecule has 1 atom stereocenters. The molecule has 0 radical (unpaired) electrons. The van der Waals surface area contributed by atoms with E-state index in [9.17, 15) is 0 Å². The van der Waals surface area contributed by atoms with Crippen LogP contribution in [0.1, 0.15) is 20.8 Å². The molecule has 0 saturated carbocycles. The van der Waals surface area contributed by atoms with Crippen LogP contribution in [0.2, 0.25) is 0 Å². The highest BCUT2D eigenvalue weighted by Crippen LogP contribution is 2.61. The lowest BCUT2D eigenvalue weighted by atomic mass is 10.6. The zero-order valence-electron chi connectivity index (χ0n) is 9.19. The first-order valence-electron chi connectivity index (χ1n) is 4.64. The molecule has 14 heavy (non-hydrogen) atoms. The normalized spacial score (nSPS) is 14.3. The third-order valence-corrected chi connectivity index (χ3v) is 8.35. The Balaban J connectivity index is 4.02. The number of hydrogen-bond donors (Lipinski definition) is 0. The van der Waals surface area contributed by atoms with Gasteiger partial charge in [0.2, 0.25) is 5.69 Å². The molecule has 0 N–H and O–H groups in total. The zero-order chi connectivity index (χ0) is 11.0. The summed E-state index contributed by atoms with van der Waals surface area (Å²) < 4.78 is 11.0. The van der Waals surface area contributed by atoms with Crippen molar-refractivity contribution in [1.29, 1.82) is 0 Å². The summed E-state index contributed by atoms with van der Waals surface area (Å²) in [4.78, 5) is 0. The van der Waals surface area contributed by atoms with Gasteiger partial charge in [-0.05, 0) is 31.9 Å². The molecule has 0 aliphatic carbocycles. The summed E-state index contributed by atoms with van der Waals surface area (Å²) in [5, 5.41) is 0.600. The van der Waals surface area contributed by atoms with E-state index in [0.29, 0.717) is 18.5 Å². The lowest BCUT2D eigenvalue weighted by molar-refractivity contribution is 0.280. The largest absolute Gasteiger partial charge is 0.322 e. The minimum Gasteiger partial charge on any atom is -0.322 e. The van der Waals surface area contributed by atoms with Gasteiger partial charge >= 0.3 is 0 Å². The molecule has 0 aromatic heterocycles. The monoisotopic (exact) mass is 274 g/mol. The van der Waals surface area contributed by atoms with Crippen LogP contribution in [-0.4, -0.2) is 30.5 Å². The first kappa shape index (κ1) is 15.3. The fourth-order valence-electron chi connectivity index (χ4n) is 0.692. The van der Waals surface area contributed by atoms with E-state index < -0.39 is 5.69 Å². The van der Waals surface area contributed by atoms with Crippen LogP contribution in [-0.2, 0) is 20.9 Å². The summed E-state index contributed by atoms with van der Waals surface area (Å²) in [6, 6.07) is 0. The maximum absolute atomic E-state index is 5.52. The Kier molecular flexibility index (Phi) is 9.19. The van der Waals surface area contributed by atoms with E-state index in [2.05, 4.69) is 13.2 Å². The first-order chi connectivity index (χ1) is 6.58. The van der Waals surface area contributed by atoms with E-state index in [1.165, 1.54) is 0 Å². The van der Waals surface area contributed by atoms with E-state index in [4.69, 9.17) is 20.9 Å². The molecule has 0 amide bonds. The fraction of sp³-hybridized carbons (Fsp3) is 1.00. The highest BCUT2D eigenvalue weighted by molar-refractivity contribution is 8.68. The molecule has 0 heterocycles. The molecule has 0 aliphatic rings. The predicted octanol–water partition coefficient (Wildman–Crippen LogP) is 3.77. The third-order valence-electron chi connectivity index (χ3n) is 1.44. The van der Waals surface area contributed by atoms with Crippen molar-refractivity contribution < 1.29 is 9.05 Å². The van der Waals surface area contributed by atoms with Gasteiger partial charge in [0.05, 0.1) is 13.2 Å². The minimum absolute atomic E-state index is 0.600. The van der Waals surface area contributed by atoms with Crippen molar-refractivity contribution in [1.82, 2.24) is 0 Å². The minimum atomic E-state index is -2.05. The smallest absolute Gasteiger partial charge is 0.247 e. The van der Waals surface area contributed by atoms with Gasteiger partial charge in [0, 0.05) is 11.0 Å². The van der Waals surface area contributed by atoms with Crippen molar-refractivity contribution in [3.8, 4) is 0 Å². The summed E-state index contributed by atoms with van der Waals surface area (Å²) in [7, 11) is 0. The summed E-state index contributed by atoms with van der Waals surface area (Å²) in [6.45, 7) is 7.38. The molecule has 0 spiro atoms. The molecule has 0 fully saturated rings. The Bertz CT molecular complexity index is 179. The van der Waals surface area contributed by atoms with Crippen LogP contribution in [0.5, 0.6) is 0 Å². The summed E-state index contributed by atoms with van der Waals surface area (Å²) in [5.74, 6) is 0.998. The zero-order valence-corrected chi connectivity index (χ0v) is 12.5. The topological polar surface area (TPSA) is 18.5 Å². The Morgan fingerprint density at radius 2 is 1.79 bits per heavy atom. The quantitative estimate of drug-likeness (QED) is 0.625. The SMILES string of the molecule is CCOP(=S)(OCC)SCC(C)SC. The molecule has 0 aromatic rings. The van der Waals surface area contributed by atoms with Crippen LogP contribution in [0.15, 0.2) is 0 Å². The highest BCUT2D eigenvalue weighted by Gasteiger charge is 2.19. The molecule has 6 heteroatoms. The van der Waals surface area contributed by atoms with Gasteiger partial charge in [-0.15, -0.1) is 0 Å². The molecular formula is C8H19O2PS3. The number of rotatable bonds is 8. The van der Waals surface area contributed by atoms with Crippen LogP contribution in [0.4, 0.5) is 0 Å². The van der Waals surface area contributed by atoms with Crippen LogP contribution in [0.25, 0.3) is 0 Å². The Labute approximate surface area is 101 Å². The number of hydrogen-bond acceptors (Lipinski definition) is 5. The Hall–Kier alpha value is 1.27. The van der Waals surface area contributed by atoms with Crippen molar-refractivity contribution in [3.05, 3.63) is 0 Å². The molecule has 2 nitrogen and oxygen atoms in total. The molecule has 0 aliphatic heterocycles. The Morgan fingerprint density at radius 1 is 1.29 bits per heavy atom. The molecule has 0 aromatic carbocycles. The van der Waals surface area contributed by atoms with E-state index in [1.807, 2.05) is 25.6 Å². The third kappa shape index (κ3) is 6.70. The van der Waals surface area contributed by atoms with Gasteiger partial charge in [0.15, 0.2) is 0 Å². The highest BCUT2D eigenvalue weighted by atomic mass is 32.9. The Morgan fingerprint density at radius 3 is 2.14 bits per heavy atom. The molecule has 0 saturated heterocycles. The average Bonchev–Trinajstić information content (AvgIpc) is 2.15. The van der Waals surface area contributed by atoms with Crippen LogP contribution in [0.3, 0.4) is 0 Å². The van der Waals surface area contributed by atoms with Gasteiger partial charge in [-0.25, -0.2) is 0 Å². The molecule has 0 rings (SSSR count). The average molecular weight is 274 g/mol. The van der Waals surface area contributed by atoms with Gasteiger partial charge in [-0.1, -0.05) is 18.3 Å². The lowest BCUT2D eigenvalue weighted by Crippen LogP contribution is -2.00. The van der Waals surface area contributed by atoms with Crippen molar-refractivity contribution in [2.45, 2.75) is 26.0 Å². The van der Waals surface area contributed by atoms with E-state index in [0.717, 1.165) is 5.75 Å². The van der Waals surface area contributed by atoms with E-state index in [-0.39, 0.29) is 0 Å². The standard InChI is InChI=1S/C8H19O2PS3/c1-5-9-11(12,10-6-2)14-7-8(3)13-4/h8H,5-7H2,1-4H3. The molecular weight excluding hydrogens is 255 g/mol. The molecule has 1 unspecified atom stereocenters. The van der Waals surface area contributed by atoms with Gasteiger partial charge < -0.3 is 9.05 Å². The van der Waals surface area contributed by atoms with Crippen molar-refractivity contribution in [3.63, 3.8) is 0 Å².